The molecule has 1 saturated heterocycles. The van der Waals surface area contributed by atoms with Crippen LogP contribution < -0.4 is 18.9 Å². The van der Waals surface area contributed by atoms with Crippen LogP contribution in [-0.2, 0) is 16.1 Å². The molecule has 2 heterocycles. The summed E-state index contributed by atoms with van der Waals surface area (Å²) in [6, 6.07) is 12.9. The van der Waals surface area contributed by atoms with Gasteiger partial charge in [0.2, 0.25) is 5.75 Å². The first-order chi connectivity index (χ1) is 18.7. The maximum atomic E-state index is 13.5. The van der Waals surface area contributed by atoms with Gasteiger partial charge in [0, 0.05) is 11.8 Å². The molecule has 9 nitrogen and oxygen atoms in total. The lowest BCUT2D eigenvalue weighted by Crippen LogP contribution is -2.29. The number of pyridine rings is 1. The van der Waals surface area contributed by atoms with Crippen molar-refractivity contribution >= 4 is 17.4 Å². The maximum Gasteiger partial charge on any atom is 0.296 e. The normalized spacial score (nSPS) is 16.5. The van der Waals surface area contributed by atoms with Crippen molar-refractivity contribution in [2.45, 2.75) is 32.4 Å². The van der Waals surface area contributed by atoms with Crippen LogP contribution in [0.25, 0.3) is 5.76 Å². The number of amides is 1. The third-order valence-corrected chi connectivity index (χ3v) is 6.73. The highest BCUT2D eigenvalue weighted by molar-refractivity contribution is 6.46. The SMILES string of the molecule is COc1ccc(/C(O)=C2\C(=O)C(=O)N(Cc3ccccn3)C2c2cc(OC)c(OC)c(OC)c2)cc1C(C)C. The van der Waals surface area contributed by atoms with Gasteiger partial charge >= 0.3 is 0 Å². The molecule has 0 bridgehead atoms. The van der Waals surface area contributed by atoms with Gasteiger partial charge in [0.15, 0.2) is 11.5 Å². The number of nitrogens with zero attached hydrogens (tertiary/aromatic N) is 2. The third kappa shape index (κ3) is 5.12. The molecule has 39 heavy (non-hydrogen) atoms. The average molecular weight is 533 g/mol. The summed E-state index contributed by atoms with van der Waals surface area (Å²) in [4.78, 5) is 32.7. The van der Waals surface area contributed by atoms with Gasteiger partial charge in [0.05, 0.1) is 52.3 Å². The lowest BCUT2D eigenvalue weighted by molar-refractivity contribution is -0.140. The Morgan fingerprint density at radius 3 is 2.13 bits per heavy atom. The van der Waals surface area contributed by atoms with Crippen molar-refractivity contribution in [3.8, 4) is 23.0 Å². The molecule has 0 spiro atoms. The van der Waals surface area contributed by atoms with Crippen molar-refractivity contribution in [1.82, 2.24) is 9.88 Å². The van der Waals surface area contributed by atoms with Gasteiger partial charge in [0.1, 0.15) is 11.5 Å². The number of likely N-dealkylation sites (tertiary alicyclic amines) is 1. The number of methoxy groups -OCH3 is 4. The van der Waals surface area contributed by atoms with E-state index in [-0.39, 0.29) is 23.8 Å². The Kier molecular flexibility index (Phi) is 8.09. The number of aliphatic hydroxyl groups excluding tert-OH is 1. The minimum atomic E-state index is -0.953. The molecular weight excluding hydrogens is 500 g/mol. The number of ether oxygens (including phenoxy) is 4. The van der Waals surface area contributed by atoms with E-state index in [2.05, 4.69) is 4.98 Å². The van der Waals surface area contributed by atoms with Gasteiger partial charge in [0.25, 0.3) is 11.7 Å². The van der Waals surface area contributed by atoms with E-state index in [0.29, 0.717) is 39.8 Å². The van der Waals surface area contributed by atoms with Crippen LogP contribution in [0.2, 0.25) is 0 Å². The first kappa shape index (κ1) is 27.5. The van der Waals surface area contributed by atoms with E-state index in [1.54, 1.807) is 61.8 Å². The predicted octanol–water partition coefficient (Wildman–Crippen LogP) is 4.86. The number of hydrogen-bond donors (Lipinski definition) is 1. The minimum Gasteiger partial charge on any atom is -0.507 e. The third-order valence-electron chi connectivity index (χ3n) is 6.73. The molecule has 1 N–H and O–H groups in total. The topological polar surface area (TPSA) is 107 Å². The van der Waals surface area contributed by atoms with Gasteiger partial charge < -0.3 is 29.0 Å². The van der Waals surface area contributed by atoms with Gasteiger partial charge in [-0.3, -0.25) is 14.6 Å². The molecule has 1 aliphatic heterocycles. The Labute approximate surface area is 227 Å². The largest absolute Gasteiger partial charge is 0.507 e. The molecule has 204 valence electrons. The molecule has 0 radical (unpaired) electrons. The smallest absolute Gasteiger partial charge is 0.296 e. The zero-order chi connectivity index (χ0) is 28.3. The molecule has 1 aliphatic rings. The fourth-order valence-corrected chi connectivity index (χ4v) is 4.80. The second kappa shape index (κ2) is 11.5. The number of carbonyl (C=O) groups excluding carboxylic acids is 2. The lowest BCUT2D eigenvalue weighted by Gasteiger charge is -2.26. The number of aromatic nitrogens is 1. The fourth-order valence-electron chi connectivity index (χ4n) is 4.80. The van der Waals surface area contributed by atoms with Crippen molar-refractivity contribution < 1.29 is 33.6 Å². The van der Waals surface area contributed by atoms with E-state index >= 15 is 0 Å². The summed E-state index contributed by atoms with van der Waals surface area (Å²) < 4.78 is 22.0. The highest BCUT2D eigenvalue weighted by Gasteiger charge is 2.46. The van der Waals surface area contributed by atoms with Crippen molar-refractivity contribution in [3.63, 3.8) is 0 Å². The predicted molar refractivity (Wildman–Crippen MR) is 145 cm³/mol. The highest BCUT2D eigenvalue weighted by atomic mass is 16.5. The number of rotatable bonds is 9. The molecule has 1 aromatic heterocycles. The van der Waals surface area contributed by atoms with E-state index < -0.39 is 17.7 Å². The molecule has 1 atom stereocenters. The molecule has 0 saturated carbocycles. The van der Waals surface area contributed by atoms with Gasteiger partial charge in [-0.2, -0.15) is 0 Å². The Morgan fingerprint density at radius 2 is 1.59 bits per heavy atom. The minimum absolute atomic E-state index is 0.0450. The molecule has 1 fully saturated rings. The summed E-state index contributed by atoms with van der Waals surface area (Å²) in [5.41, 5.74) is 2.29. The number of aliphatic hydroxyl groups is 1. The number of hydrogen-bond acceptors (Lipinski definition) is 8. The molecular formula is C30H32N2O7. The Bertz CT molecular complexity index is 1390. The van der Waals surface area contributed by atoms with Crippen molar-refractivity contribution in [2.75, 3.05) is 28.4 Å². The van der Waals surface area contributed by atoms with Crippen molar-refractivity contribution in [1.29, 1.82) is 0 Å². The zero-order valence-electron chi connectivity index (χ0n) is 22.8. The second-order valence-corrected chi connectivity index (χ2v) is 9.32. The Hall–Kier alpha value is -4.53. The summed E-state index contributed by atoms with van der Waals surface area (Å²) >= 11 is 0. The van der Waals surface area contributed by atoms with Gasteiger partial charge in [-0.1, -0.05) is 19.9 Å². The molecule has 1 amide bonds. The van der Waals surface area contributed by atoms with Crippen LogP contribution in [0.1, 0.15) is 48.2 Å². The number of benzene rings is 2. The van der Waals surface area contributed by atoms with Crippen LogP contribution >= 0.6 is 0 Å². The first-order valence-corrected chi connectivity index (χ1v) is 12.4. The van der Waals surface area contributed by atoms with Crippen molar-refractivity contribution in [3.05, 3.63) is 82.7 Å². The lowest BCUT2D eigenvalue weighted by atomic mass is 9.92. The molecule has 9 heteroatoms. The van der Waals surface area contributed by atoms with Crippen molar-refractivity contribution in [2.24, 2.45) is 0 Å². The zero-order valence-corrected chi connectivity index (χ0v) is 22.8. The van der Waals surface area contributed by atoms with Gasteiger partial charge in [-0.15, -0.1) is 0 Å². The molecule has 2 aromatic carbocycles. The first-order valence-electron chi connectivity index (χ1n) is 12.4. The molecule has 0 aliphatic carbocycles. The van der Waals surface area contributed by atoms with E-state index in [0.717, 1.165) is 5.56 Å². The molecule has 4 rings (SSSR count). The summed E-state index contributed by atoms with van der Waals surface area (Å²) in [7, 11) is 6.03. The summed E-state index contributed by atoms with van der Waals surface area (Å²) in [6.45, 7) is 4.05. The van der Waals surface area contributed by atoms with Crippen LogP contribution in [0.4, 0.5) is 0 Å². The summed E-state index contributed by atoms with van der Waals surface area (Å²) in [5.74, 6) is -0.0305. The number of ketones is 1. The van der Waals surface area contributed by atoms with Crippen LogP contribution in [0, 0.1) is 0 Å². The standard InChI is InChI=1S/C30H32N2O7/c1-17(2)21-13-18(10-11-22(21)36-3)27(33)25-26(19-14-23(37-4)29(39-6)24(15-19)38-5)32(30(35)28(25)34)16-20-9-7-8-12-31-20/h7-15,17,26,33H,16H2,1-6H3/b27-25+. The van der Waals surface area contributed by atoms with E-state index in [4.69, 9.17) is 18.9 Å². The summed E-state index contributed by atoms with van der Waals surface area (Å²) in [5, 5.41) is 11.6. The Balaban J connectivity index is 1.96. The summed E-state index contributed by atoms with van der Waals surface area (Å²) in [6.07, 6.45) is 1.62. The van der Waals surface area contributed by atoms with E-state index in [1.807, 2.05) is 13.8 Å². The van der Waals surface area contributed by atoms with Crippen LogP contribution in [0.3, 0.4) is 0 Å². The number of carbonyl (C=O) groups is 2. The quantitative estimate of drug-likeness (QED) is 0.237. The molecule has 1 unspecified atom stereocenters. The number of Topliss-reactive ketones (excluding diaryl/α,β-unsaturated/α-hetero) is 1. The van der Waals surface area contributed by atoms with E-state index in [1.165, 1.54) is 26.2 Å². The van der Waals surface area contributed by atoms with Crippen LogP contribution in [-0.4, -0.2) is 55.1 Å². The van der Waals surface area contributed by atoms with Gasteiger partial charge in [-0.25, -0.2) is 0 Å². The van der Waals surface area contributed by atoms with Crippen LogP contribution in [0.5, 0.6) is 23.0 Å². The van der Waals surface area contributed by atoms with Gasteiger partial charge in [-0.05, 0) is 59.5 Å². The fraction of sp³-hybridized carbons (Fsp3) is 0.300. The molecule has 3 aromatic rings. The average Bonchev–Trinajstić information content (AvgIpc) is 3.20. The monoisotopic (exact) mass is 532 g/mol. The second-order valence-electron chi connectivity index (χ2n) is 9.32. The van der Waals surface area contributed by atoms with Crippen LogP contribution in [0.15, 0.2) is 60.3 Å². The highest BCUT2D eigenvalue weighted by Crippen LogP contribution is 2.46. The Morgan fingerprint density at radius 1 is 0.923 bits per heavy atom. The van der Waals surface area contributed by atoms with E-state index in [9.17, 15) is 14.7 Å². The maximum absolute atomic E-state index is 13.5.